The maximum atomic E-state index is 12.2. The van der Waals surface area contributed by atoms with E-state index < -0.39 is 6.10 Å². The summed E-state index contributed by atoms with van der Waals surface area (Å²) in [5.41, 5.74) is 4.62. The van der Waals surface area contributed by atoms with Gasteiger partial charge in [-0.3, -0.25) is 20.6 Å². The third kappa shape index (κ3) is 2.79. The van der Waals surface area contributed by atoms with Crippen LogP contribution in [0.3, 0.4) is 0 Å². The Hall–Kier alpha value is -2.82. The van der Waals surface area contributed by atoms with Crippen LogP contribution in [0.25, 0.3) is 0 Å². The van der Waals surface area contributed by atoms with Crippen molar-refractivity contribution in [3.63, 3.8) is 0 Å². The van der Waals surface area contributed by atoms with Crippen LogP contribution in [-0.4, -0.2) is 22.9 Å². The average molecular weight is 295 g/mol. The van der Waals surface area contributed by atoms with Crippen molar-refractivity contribution in [2.24, 2.45) is 0 Å². The molecule has 0 radical (unpaired) electrons. The Morgan fingerprint density at radius 1 is 1.18 bits per heavy atom. The van der Waals surface area contributed by atoms with E-state index in [9.17, 15) is 4.79 Å². The molecule has 0 aromatic heterocycles. The second kappa shape index (κ2) is 5.89. The van der Waals surface area contributed by atoms with Gasteiger partial charge in [-0.1, -0.05) is 42.5 Å². The summed E-state index contributed by atoms with van der Waals surface area (Å²) in [4.78, 5) is 12.2. The number of nitrogens with zero attached hydrogens (tertiary/aromatic N) is 1. The minimum atomic E-state index is -0.640. The standard InChI is InChI=1S/C17H17N3O2/c1-12(22-14-8-3-2-4-9-14)17(21)19-20-11-13-7-5-6-10-15(13)16(20)18/h2-10,12,18H,11H2,1H3,(H,19,21). The molecule has 5 heteroatoms. The molecule has 22 heavy (non-hydrogen) atoms. The minimum Gasteiger partial charge on any atom is -0.481 e. The minimum absolute atomic E-state index is 0.276. The third-order valence-electron chi connectivity index (χ3n) is 3.54. The van der Waals surface area contributed by atoms with Gasteiger partial charge in [0.1, 0.15) is 11.6 Å². The summed E-state index contributed by atoms with van der Waals surface area (Å²) in [6, 6.07) is 16.9. The highest BCUT2D eigenvalue weighted by Gasteiger charge is 2.26. The molecule has 0 fully saturated rings. The van der Waals surface area contributed by atoms with Crippen LogP contribution in [0.1, 0.15) is 18.1 Å². The lowest BCUT2D eigenvalue weighted by Crippen LogP contribution is -2.47. The summed E-state index contributed by atoms with van der Waals surface area (Å²) < 4.78 is 5.59. The van der Waals surface area contributed by atoms with E-state index in [1.807, 2.05) is 42.5 Å². The Morgan fingerprint density at radius 2 is 1.86 bits per heavy atom. The van der Waals surface area contributed by atoms with Crippen molar-refractivity contribution in [1.82, 2.24) is 10.4 Å². The molecule has 0 spiro atoms. The second-order valence-electron chi connectivity index (χ2n) is 5.14. The van der Waals surface area contributed by atoms with E-state index in [4.69, 9.17) is 10.1 Å². The predicted molar refractivity (Wildman–Crippen MR) is 83.5 cm³/mol. The molecule has 1 atom stereocenters. The monoisotopic (exact) mass is 295 g/mol. The van der Waals surface area contributed by atoms with Gasteiger partial charge < -0.3 is 4.74 Å². The zero-order valence-corrected chi connectivity index (χ0v) is 12.2. The number of para-hydroxylation sites is 1. The molecule has 0 saturated heterocycles. The van der Waals surface area contributed by atoms with E-state index in [1.54, 1.807) is 19.1 Å². The van der Waals surface area contributed by atoms with Crippen LogP contribution in [0.2, 0.25) is 0 Å². The van der Waals surface area contributed by atoms with Gasteiger partial charge in [0.05, 0.1) is 6.54 Å². The molecule has 0 aliphatic carbocycles. The maximum absolute atomic E-state index is 12.2. The Labute approximate surface area is 129 Å². The number of carbonyl (C=O) groups excluding carboxylic acids is 1. The van der Waals surface area contributed by atoms with E-state index in [2.05, 4.69) is 5.43 Å². The number of fused-ring (bicyclic) bond motifs is 1. The highest BCUT2D eigenvalue weighted by atomic mass is 16.5. The van der Waals surface area contributed by atoms with Crippen molar-refractivity contribution >= 4 is 11.7 Å². The van der Waals surface area contributed by atoms with Gasteiger partial charge in [0, 0.05) is 5.56 Å². The summed E-state index contributed by atoms with van der Waals surface area (Å²) in [5, 5.41) is 9.65. The van der Waals surface area contributed by atoms with Crippen molar-refractivity contribution in [3.05, 3.63) is 65.7 Å². The number of carbonyl (C=O) groups is 1. The summed E-state index contributed by atoms with van der Waals surface area (Å²) in [5.74, 6) is 0.669. The van der Waals surface area contributed by atoms with Crippen LogP contribution in [0.4, 0.5) is 0 Å². The van der Waals surface area contributed by atoms with Crippen molar-refractivity contribution in [2.45, 2.75) is 19.6 Å². The van der Waals surface area contributed by atoms with E-state index in [-0.39, 0.29) is 5.91 Å². The highest BCUT2D eigenvalue weighted by Crippen LogP contribution is 2.20. The Kier molecular flexibility index (Phi) is 3.78. The molecule has 2 aromatic carbocycles. The Morgan fingerprint density at radius 3 is 2.59 bits per heavy atom. The van der Waals surface area contributed by atoms with Gasteiger partial charge >= 0.3 is 0 Å². The highest BCUT2D eigenvalue weighted by molar-refractivity contribution is 6.01. The fourth-order valence-corrected chi connectivity index (χ4v) is 2.36. The third-order valence-corrected chi connectivity index (χ3v) is 3.54. The molecule has 1 amide bonds. The van der Waals surface area contributed by atoms with E-state index >= 15 is 0 Å². The average Bonchev–Trinajstić information content (AvgIpc) is 2.85. The SMILES string of the molecule is CC(Oc1ccccc1)C(=O)NN1Cc2ccccc2C1=N. The van der Waals surface area contributed by atoms with Crippen LogP contribution in [0.5, 0.6) is 5.75 Å². The fourth-order valence-electron chi connectivity index (χ4n) is 2.36. The molecular weight excluding hydrogens is 278 g/mol. The molecule has 0 saturated carbocycles. The van der Waals surface area contributed by atoms with Crippen LogP contribution >= 0.6 is 0 Å². The van der Waals surface area contributed by atoms with Crippen LogP contribution in [0.15, 0.2) is 54.6 Å². The molecular formula is C17H17N3O2. The lowest BCUT2D eigenvalue weighted by Gasteiger charge is -2.22. The van der Waals surface area contributed by atoms with Gasteiger partial charge in [0.15, 0.2) is 6.10 Å². The van der Waals surface area contributed by atoms with Gasteiger partial charge in [-0.25, -0.2) is 0 Å². The van der Waals surface area contributed by atoms with Crippen LogP contribution < -0.4 is 10.2 Å². The van der Waals surface area contributed by atoms with Crippen molar-refractivity contribution in [1.29, 1.82) is 5.41 Å². The zero-order valence-electron chi connectivity index (χ0n) is 12.2. The number of ether oxygens (including phenoxy) is 1. The maximum Gasteiger partial charge on any atom is 0.279 e. The van der Waals surface area contributed by atoms with Gasteiger partial charge in [0.25, 0.3) is 5.91 Å². The van der Waals surface area contributed by atoms with E-state index in [0.29, 0.717) is 18.1 Å². The number of hydrazine groups is 1. The van der Waals surface area contributed by atoms with Crippen molar-refractivity contribution in [3.8, 4) is 5.75 Å². The van der Waals surface area contributed by atoms with Gasteiger partial charge in [0.2, 0.25) is 0 Å². The van der Waals surface area contributed by atoms with Gasteiger partial charge in [-0.2, -0.15) is 0 Å². The number of nitrogens with one attached hydrogen (secondary N) is 2. The molecule has 1 unspecified atom stereocenters. The molecule has 2 N–H and O–H groups in total. The topological polar surface area (TPSA) is 65.4 Å². The van der Waals surface area contributed by atoms with Crippen LogP contribution in [0, 0.1) is 5.41 Å². The van der Waals surface area contributed by atoms with E-state index in [1.165, 1.54) is 5.01 Å². The predicted octanol–water partition coefficient (Wildman–Crippen LogP) is 2.33. The Bertz CT molecular complexity index is 700. The van der Waals surface area contributed by atoms with Gasteiger partial charge in [-0.05, 0) is 24.6 Å². The normalized spacial score (nSPS) is 14.4. The molecule has 3 rings (SSSR count). The largest absolute Gasteiger partial charge is 0.481 e. The molecule has 1 aliphatic rings. The first-order chi connectivity index (χ1) is 10.6. The molecule has 1 aliphatic heterocycles. The number of amidine groups is 1. The van der Waals surface area contributed by atoms with Crippen molar-refractivity contribution < 1.29 is 9.53 Å². The zero-order chi connectivity index (χ0) is 15.5. The number of hydrogen-bond acceptors (Lipinski definition) is 3. The summed E-state index contributed by atoms with van der Waals surface area (Å²) in [6.45, 7) is 2.19. The van der Waals surface area contributed by atoms with Crippen LogP contribution in [-0.2, 0) is 11.3 Å². The first-order valence-electron chi connectivity index (χ1n) is 7.12. The first-order valence-corrected chi connectivity index (χ1v) is 7.12. The summed E-state index contributed by atoms with van der Waals surface area (Å²) in [6.07, 6.45) is -0.640. The molecule has 1 heterocycles. The first kappa shape index (κ1) is 14.1. The van der Waals surface area contributed by atoms with Gasteiger partial charge in [-0.15, -0.1) is 0 Å². The smallest absolute Gasteiger partial charge is 0.279 e. The lowest BCUT2D eigenvalue weighted by atomic mass is 10.1. The van der Waals surface area contributed by atoms with Crippen molar-refractivity contribution in [2.75, 3.05) is 0 Å². The fraction of sp³-hybridized carbons (Fsp3) is 0.176. The quantitative estimate of drug-likeness (QED) is 0.910. The molecule has 0 bridgehead atoms. The molecule has 2 aromatic rings. The molecule has 112 valence electrons. The summed E-state index contributed by atoms with van der Waals surface area (Å²) >= 11 is 0. The second-order valence-corrected chi connectivity index (χ2v) is 5.14. The van der Waals surface area contributed by atoms with E-state index in [0.717, 1.165) is 11.1 Å². The summed E-state index contributed by atoms with van der Waals surface area (Å²) in [7, 11) is 0. The Balaban J connectivity index is 1.62. The molecule has 5 nitrogen and oxygen atoms in total. The number of hydrogen-bond donors (Lipinski definition) is 2. The number of amides is 1. The lowest BCUT2D eigenvalue weighted by molar-refractivity contribution is -0.130. The number of rotatable bonds is 4. The number of benzene rings is 2.